The Kier molecular flexibility index (Phi) is 4.45. The summed E-state index contributed by atoms with van der Waals surface area (Å²) in [7, 11) is 0. The highest BCUT2D eigenvalue weighted by Crippen LogP contribution is 2.15. The summed E-state index contributed by atoms with van der Waals surface area (Å²) in [6.07, 6.45) is 4.16. The minimum absolute atomic E-state index is 0.311. The molecule has 0 unspecified atom stereocenters. The summed E-state index contributed by atoms with van der Waals surface area (Å²) in [4.78, 5) is 6.41. The standard InChI is InChI=1S/C9H15BrN2O/c1-3-11-9(4-5-10)12-6-8(2)13-7-12/h3-4,8H,5-7H2,1-2H3/b9-4+,11-3-/t8-/m0/s1. The summed E-state index contributed by atoms with van der Waals surface area (Å²) in [5, 5.41) is 0.824. The number of nitrogens with zero attached hydrogens (tertiary/aromatic N) is 2. The van der Waals surface area contributed by atoms with Crippen LogP contribution in [0.3, 0.4) is 0 Å². The SMILES string of the molecule is C/C=N\C(=C/CBr)N1CO[C@@H](C)C1. The van der Waals surface area contributed by atoms with Crippen LogP contribution in [0.15, 0.2) is 16.9 Å². The van der Waals surface area contributed by atoms with Crippen LogP contribution in [0.25, 0.3) is 0 Å². The van der Waals surface area contributed by atoms with E-state index in [1.165, 1.54) is 0 Å². The second kappa shape index (κ2) is 5.40. The van der Waals surface area contributed by atoms with Crippen molar-refractivity contribution in [3.8, 4) is 0 Å². The summed E-state index contributed by atoms with van der Waals surface area (Å²) >= 11 is 3.36. The molecule has 0 N–H and O–H groups in total. The molecule has 0 saturated carbocycles. The quantitative estimate of drug-likeness (QED) is 0.562. The maximum atomic E-state index is 5.43. The van der Waals surface area contributed by atoms with Gasteiger partial charge in [0, 0.05) is 18.1 Å². The van der Waals surface area contributed by atoms with Crippen LogP contribution < -0.4 is 0 Å². The lowest BCUT2D eigenvalue weighted by molar-refractivity contribution is 0.107. The molecule has 1 saturated heterocycles. The van der Waals surface area contributed by atoms with E-state index >= 15 is 0 Å². The molecule has 4 heteroatoms. The van der Waals surface area contributed by atoms with Crippen LogP contribution in [-0.2, 0) is 4.74 Å². The molecule has 0 aliphatic carbocycles. The third kappa shape index (κ3) is 3.12. The van der Waals surface area contributed by atoms with Crippen molar-refractivity contribution < 1.29 is 4.74 Å². The predicted octanol–water partition coefficient (Wildman–Crippen LogP) is 1.99. The van der Waals surface area contributed by atoms with E-state index < -0.39 is 0 Å². The monoisotopic (exact) mass is 246 g/mol. The topological polar surface area (TPSA) is 24.8 Å². The Bertz CT molecular complexity index is 216. The number of aliphatic imine (C=N–C) groups is 1. The number of hydrogen-bond acceptors (Lipinski definition) is 3. The first-order valence-electron chi connectivity index (χ1n) is 4.39. The third-order valence-electron chi connectivity index (χ3n) is 1.84. The van der Waals surface area contributed by atoms with Gasteiger partial charge in [-0.15, -0.1) is 0 Å². The van der Waals surface area contributed by atoms with Gasteiger partial charge in [-0.3, -0.25) is 0 Å². The van der Waals surface area contributed by atoms with Gasteiger partial charge >= 0.3 is 0 Å². The highest BCUT2D eigenvalue weighted by Gasteiger charge is 2.20. The molecule has 1 atom stereocenters. The van der Waals surface area contributed by atoms with Gasteiger partial charge < -0.3 is 9.64 Å². The fraction of sp³-hybridized carbons (Fsp3) is 0.667. The predicted molar refractivity (Wildman–Crippen MR) is 58.2 cm³/mol. The second-order valence-corrected chi connectivity index (χ2v) is 3.58. The molecule has 1 heterocycles. The molecule has 0 aromatic heterocycles. The maximum Gasteiger partial charge on any atom is 0.126 e. The van der Waals surface area contributed by atoms with Crippen molar-refractivity contribution in [3.05, 3.63) is 11.9 Å². The van der Waals surface area contributed by atoms with Gasteiger partial charge in [-0.05, 0) is 19.9 Å². The second-order valence-electron chi connectivity index (χ2n) is 2.93. The molecule has 1 aliphatic heterocycles. The largest absolute Gasteiger partial charge is 0.356 e. The zero-order valence-electron chi connectivity index (χ0n) is 8.03. The van der Waals surface area contributed by atoms with Gasteiger partial charge in [-0.1, -0.05) is 15.9 Å². The van der Waals surface area contributed by atoms with Crippen LogP contribution >= 0.6 is 15.9 Å². The first-order valence-corrected chi connectivity index (χ1v) is 5.51. The fourth-order valence-electron chi connectivity index (χ4n) is 1.26. The molecule has 1 fully saturated rings. The molecule has 0 bridgehead atoms. The number of ether oxygens (including phenoxy) is 1. The lowest BCUT2D eigenvalue weighted by Gasteiger charge is -2.15. The summed E-state index contributed by atoms with van der Waals surface area (Å²) in [6, 6.07) is 0. The van der Waals surface area contributed by atoms with E-state index in [1.807, 2.05) is 13.0 Å². The average molecular weight is 247 g/mol. The van der Waals surface area contributed by atoms with Crippen molar-refractivity contribution in [1.82, 2.24) is 4.90 Å². The molecular weight excluding hydrogens is 232 g/mol. The zero-order valence-corrected chi connectivity index (χ0v) is 9.62. The Labute approximate surface area is 87.6 Å². The van der Waals surface area contributed by atoms with E-state index in [1.54, 1.807) is 6.21 Å². The molecule has 13 heavy (non-hydrogen) atoms. The fourth-order valence-corrected chi connectivity index (χ4v) is 1.55. The summed E-state index contributed by atoms with van der Waals surface area (Å²) in [5.41, 5.74) is 0. The van der Waals surface area contributed by atoms with Gasteiger partial charge in [0.2, 0.25) is 0 Å². The van der Waals surface area contributed by atoms with Crippen molar-refractivity contribution in [2.75, 3.05) is 18.6 Å². The van der Waals surface area contributed by atoms with Gasteiger partial charge in [0.1, 0.15) is 12.6 Å². The summed E-state index contributed by atoms with van der Waals surface area (Å²) in [5.74, 6) is 0.990. The van der Waals surface area contributed by atoms with Gasteiger partial charge in [-0.25, -0.2) is 4.99 Å². The highest BCUT2D eigenvalue weighted by atomic mass is 79.9. The lowest BCUT2D eigenvalue weighted by Crippen LogP contribution is -2.19. The van der Waals surface area contributed by atoms with Crippen LogP contribution in [0.4, 0.5) is 0 Å². The van der Waals surface area contributed by atoms with E-state index in [9.17, 15) is 0 Å². The summed E-state index contributed by atoms with van der Waals surface area (Å²) < 4.78 is 5.43. The molecule has 0 aromatic rings. The zero-order chi connectivity index (χ0) is 9.68. The molecular formula is C9H15BrN2O. The van der Waals surface area contributed by atoms with Gasteiger partial charge in [0.05, 0.1) is 6.10 Å². The van der Waals surface area contributed by atoms with Crippen LogP contribution in [0.2, 0.25) is 0 Å². The molecule has 0 aromatic carbocycles. The minimum Gasteiger partial charge on any atom is -0.356 e. The van der Waals surface area contributed by atoms with Crippen molar-refractivity contribution in [1.29, 1.82) is 0 Å². The Hall–Kier alpha value is -0.350. The maximum absolute atomic E-state index is 5.43. The average Bonchev–Trinajstić information content (AvgIpc) is 2.51. The molecule has 3 nitrogen and oxygen atoms in total. The van der Waals surface area contributed by atoms with E-state index in [2.05, 4.69) is 32.7 Å². The van der Waals surface area contributed by atoms with Crippen LogP contribution in [0.1, 0.15) is 13.8 Å². The Morgan fingerprint density at radius 2 is 2.54 bits per heavy atom. The van der Waals surface area contributed by atoms with Gasteiger partial charge in [0.25, 0.3) is 0 Å². The van der Waals surface area contributed by atoms with Crippen molar-refractivity contribution in [2.45, 2.75) is 20.0 Å². The van der Waals surface area contributed by atoms with Crippen LogP contribution in [-0.4, -0.2) is 35.8 Å². The van der Waals surface area contributed by atoms with Crippen LogP contribution in [0.5, 0.6) is 0 Å². The first kappa shape index (κ1) is 10.7. The number of alkyl halides is 1. The summed E-state index contributed by atoms with van der Waals surface area (Å²) in [6.45, 7) is 5.57. The Balaban J connectivity index is 2.60. The number of hydrogen-bond donors (Lipinski definition) is 0. The lowest BCUT2D eigenvalue weighted by atomic mass is 10.4. The Morgan fingerprint density at radius 1 is 1.77 bits per heavy atom. The number of halogens is 1. The van der Waals surface area contributed by atoms with E-state index in [4.69, 9.17) is 4.74 Å². The molecule has 1 aliphatic rings. The molecule has 0 amide bonds. The number of allylic oxidation sites excluding steroid dienone is 1. The molecule has 1 rings (SSSR count). The Morgan fingerprint density at radius 3 is 3.00 bits per heavy atom. The molecule has 0 spiro atoms. The number of rotatable bonds is 3. The van der Waals surface area contributed by atoms with Crippen molar-refractivity contribution in [3.63, 3.8) is 0 Å². The normalized spacial score (nSPS) is 24.7. The molecule has 0 radical (unpaired) electrons. The van der Waals surface area contributed by atoms with E-state index in [0.29, 0.717) is 12.8 Å². The van der Waals surface area contributed by atoms with E-state index in [-0.39, 0.29) is 0 Å². The van der Waals surface area contributed by atoms with Crippen LogP contribution in [0, 0.1) is 0 Å². The van der Waals surface area contributed by atoms with Crippen molar-refractivity contribution in [2.24, 2.45) is 4.99 Å². The smallest absolute Gasteiger partial charge is 0.126 e. The third-order valence-corrected chi connectivity index (χ3v) is 2.16. The minimum atomic E-state index is 0.311. The first-order chi connectivity index (χ1) is 6.27. The molecule has 74 valence electrons. The highest BCUT2D eigenvalue weighted by molar-refractivity contribution is 9.09. The van der Waals surface area contributed by atoms with Gasteiger partial charge in [-0.2, -0.15) is 0 Å². The van der Waals surface area contributed by atoms with Gasteiger partial charge in [0.15, 0.2) is 0 Å². The van der Waals surface area contributed by atoms with E-state index in [0.717, 1.165) is 17.7 Å². The van der Waals surface area contributed by atoms with Crippen molar-refractivity contribution >= 4 is 22.1 Å².